The molecule has 4 bridgehead atoms. The van der Waals surface area contributed by atoms with Gasteiger partial charge in [-0.05, 0) is 107 Å². The highest BCUT2D eigenvalue weighted by molar-refractivity contribution is 8.77. The van der Waals surface area contributed by atoms with E-state index in [1.807, 2.05) is 31.2 Å². The summed E-state index contributed by atoms with van der Waals surface area (Å²) in [5, 5.41) is 68.9. The third-order valence-corrected chi connectivity index (χ3v) is 27.8. The van der Waals surface area contributed by atoms with E-state index >= 15 is 19.2 Å². The summed E-state index contributed by atoms with van der Waals surface area (Å²) in [5.41, 5.74) is 6.93. The normalized spacial score (nSPS) is 26.3. The third kappa shape index (κ3) is 27.8. The van der Waals surface area contributed by atoms with E-state index in [4.69, 9.17) is 41.0 Å². The Morgan fingerprint density at radius 3 is 2.11 bits per heavy atom. The zero-order chi connectivity index (χ0) is 91.7. The number of halogens is 1. The number of aliphatic hydroxyl groups is 4. The van der Waals surface area contributed by atoms with E-state index in [9.17, 15) is 58.8 Å². The van der Waals surface area contributed by atoms with Crippen molar-refractivity contribution in [3.8, 4) is 5.75 Å². The summed E-state index contributed by atoms with van der Waals surface area (Å²) in [6.45, 7) is 8.80. The second-order valence-corrected chi connectivity index (χ2v) is 37.7. The van der Waals surface area contributed by atoms with E-state index in [1.54, 1.807) is 111 Å². The zero-order valence-corrected chi connectivity index (χ0v) is 76.0. The number of hydrogen-bond donors (Lipinski definition) is 15. The summed E-state index contributed by atoms with van der Waals surface area (Å²) < 4.78 is 29.7. The van der Waals surface area contributed by atoms with Crippen molar-refractivity contribution in [2.45, 2.75) is 214 Å². The molecule has 4 aliphatic rings. The van der Waals surface area contributed by atoms with Crippen molar-refractivity contribution in [3.63, 3.8) is 0 Å². The molecule has 34 nitrogen and oxygen atoms in total. The number of esters is 1. The zero-order valence-electron chi connectivity index (χ0n) is 72.0. The van der Waals surface area contributed by atoms with Crippen LogP contribution in [0, 0.1) is 5.92 Å². The van der Waals surface area contributed by atoms with Crippen molar-refractivity contribution in [1.29, 1.82) is 0 Å². The molecule has 5 aromatic rings. The first-order chi connectivity index (χ1) is 60.1. The van der Waals surface area contributed by atoms with E-state index in [0.717, 1.165) is 32.7 Å². The molecule has 4 aliphatic heterocycles. The van der Waals surface area contributed by atoms with Gasteiger partial charge in [-0.3, -0.25) is 53.3 Å². The molecule has 4 aromatic carbocycles. The molecule has 9 rings (SSSR count). The molecule has 11 amide bonds. The van der Waals surface area contributed by atoms with Crippen LogP contribution in [0.5, 0.6) is 5.75 Å². The lowest BCUT2D eigenvalue weighted by atomic mass is 9.83. The Hall–Kier alpha value is -9.45. The summed E-state index contributed by atoms with van der Waals surface area (Å²) >= 11 is 6.90. The molecule has 3 saturated heterocycles. The number of hydrogen-bond acceptors (Lipinski definition) is 26. The van der Waals surface area contributed by atoms with Gasteiger partial charge in [-0.1, -0.05) is 164 Å². The van der Waals surface area contributed by atoms with Gasteiger partial charge in [0.2, 0.25) is 59.1 Å². The van der Waals surface area contributed by atoms with E-state index in [1.165, 1.54) is 80.5 Å². The highest BCUT2D eigenvalue weighted by atomic mass is 35.5. The van der Waals surface area contributed by atoms with Crippen LogP contribution < -0.4 is 63.2 Å². The van der Waals surface area contributed by atoms with Crippen LogP contribution in [0.25, 0.3) is 10.9 Å². The quantitative estimate of drug-likeness (QED) is 0.0133. The van der Waals surface area contributed by atoms with Crippen molar-refractivity contribution in [2.24, 2.45) is 11.7 Å². The molecule has 126 heavy (non-hydrogen) atoms. The predicted molar refractivity (Wildman–Crippen MR) is 481 cm³/mol. The average molecular weight is 1840 g/mol. The minimum atomic E-state index is -1.94. The number of ether oxygens (including phenoxy) is 5. The number of epoxide rings is 1. The number of likely N-dealkylation sites (N-methyl/N-ethyl adjacent to an activating group) is 1. The van der Waals surface area contributed by atoms with Crippen LogP contribution in [0.3, 0.4) is 0 Å². The summed E-state index contributed by atoms with van der Waals surface area (Å²) in [4.78, 5) is 180. The number of carbonyl (C=O) groups excluding carboxylic acids is 12. The van der Waals surface area contributed by atoms with Crippen LogP contribution in [-0.4, -0.2) is 268 Å². The Kier molecular flexibility index (Phi) is 37.9. The molecule has 16 N–H and O–H groups in total. The fraction of sp³-hybridized carbons (Fsp3) is 0.517. The number of unbranched alkanes of at least 4 members (excludes halogenated alkanes) is 1. The molecule has 0 spiro atoms. The Bertz CT molecular complexity index is 4690. The molecular formula is C87H116ClN13O21S4. The minimum absolute atomic E-state index is 0.0323. The number of aliphatic hydroxyl groups excluding tert-OH is 3. The second-order valence-electron chi connectivity index (χ2n) is 32.0. The number of aromatic nitrogens is 1. The fourth-order valence-corrected chi connectivity index (χ4v) is 19.5. The number of amides is 11. The predicted octanol–water partition coefficient (Wildman–Crippen LogP) is 4.04. The number of H-pyrrole nitrogens is 1. The number of fused-ring (bicyclic) bond motifs is 6. The molecule has 3 fully saturated rings. The van der Waals surface area contributed by atoms with Crippen molar-refractivity contribution in [2.75, 3.05) is 69.4 Å². The number of allylic oxidation sites excluding steroid dienone is 3. The smallest absolute Gasteiger partial charge is 0.409 e. The van der Waals surface area contributed by atoms with Crippen molar-refractivity contribution in [1.82, 2.24) is 57.7 Å². The Balaban J connectivity index is 0.902. The van der Waals surface area contributed by atoms with Gasteiger partial charge in [0, 0.05) is 106 Å². The number of aromatic amines is 1. The molecule has 0 saturated carbocycles. The largest absolute Gasteiger partial charge is 0.495 e. The van der Waals surface area contributed by atoms with Crippen LogP contribution in [-0.2, 0) is 97.4 Å². The maximum atomic E-state index is 15.3. The minimum Gasteiger partial charge on any atom is -0.495 e. The first-order valence-electron chi connectivity index (χ1n) is 41.6. The molecule has 0 aliphatic carbocycles. The molecule has 0 radical (unpaired) electrons. The lowest BCUT2D eigenvalue weighted by Gasteiger charge is -2.42. The topological polar surface area (TPSA) is 492 Å². The van der Waals surface area contributed by atoms with Crippen molar-refractivity contribution in [3.05, 3.63) is 154 Å². The van der Waals surface area contributed by atoms with Gasteiger partial charge in [-0.2, -0.15) is 0 Å². The molecule has 1 aromatic heterocycles. The number of methoxy groups -OCH3 is 2. The third-order valence-electron chi connectivity index (χ3n) is 22.6. The lowest BCUT2D eigenvalue weighted by molar-refractivity contribution is -0.162. The van der Waals surface area contributed by atoms with Gasteiger partial charge in [0.25, 0.3) is 0 Å². The SMILES string of the molecule is COc1cc2cc(c1Cl)N(C)C(=O)C[C@H](OC(=O)[C@H](C)N(C)C(=O)CCSSCCC(=O)N[C@H](Cc1ccccc1)C(=O)N[C@H]1CSSC[C@@H](C(=O)N[C@H](CO)[C@@H](C)O)NC(=O)[C@H]([C@@H](C)O)NC(=O)[C@H](CCCCN)NC(=O)[C@@H](Cc3c[nH]c4ccccc34)NC(=O)[C@H](Cc3ccccc3)NC1=O)[C@]1(C)O[C@H]1[C@H](C)[C@@H]1C[C@@](O)(NC(=O)O1)[C@H](OC)/C=C/C=C(\C)C2. The molecule has 686 valence electrons. The van der Waals surface area contributed by atoms with Gasteiger partial charge < -0.3 is 107 Å². The van der Waals surface area contributed by atoms with Crippen LogP contribution in [0.2, 0.25) is 5.02 Å². The molecule has 18 atom stereocenters. The highest BCUT2D eigenvalue weighted by Crippen LogP contribution is 2.49. The average Bonchev–Trinajstić information content (AvgIpc) is 1.57. The molecular weight excluding hydrogens is 1730 g/mol. The van der Waals surface area contributed by atoms with Gasteiger partial charge in [-0.25, -0.2) is 9.59 Å². The van der Waals surface area contributed by atoms with Gasteiger partial charge in [-0.15, -0.1) is 0 Å². The summed E-state index contributed by atoms with van der Waals surface area (Å²) in [6.07, 6.45) is -1.30. The summed E-state index contributed by atoms with van der Waals surface area (Å²) in [7, 11) is 10.2. The number of carbonyl (C=O) groups is 12. The first kappa shape index (κ1) is 100. The number of nitrogens with two attached hydrogens (primary N) is 1. The van der Waals surface area contributed by atoms with Crippen LogP contribution in [0.4, 0.5) is 10.5 Å². The second kappa shape index (κ2) is 47.6. The Morgan fingerprint density at radius 2 is 1.44 bits per heavy atom. The van der Waals surface area contributed by atoms with E-state index < -0.39 is 192 Å². The number of rotatable bonds is 30. The molecule has 39 heteroatoms. The highest BCUT2D eigenvalue weighted by Gasteiger charge is 2.65. The van der Waals surface area contributed by atoms with E-state index in [0.29, 0.717) is 58.3 Å². The van der Waals surface area contributed by atoms with Gasteiger partial charge in [0.05, 0.1) is 50.2 Å². The van der Waals surface area contributed by atoms with Gasteiger partial charge in [0.15, 0.2) is 5.72 Å². The fourth-order valence-electron chi connectivity index (χ4n) is 14.9. The maximum Gasteiger partial charge on any atom is 0.409 e. The monoisotopic (exact) mass is 1840 g/mol. The lowest BCUT2D eigenvalue weighted by Crippen LogP contribution is -2.63. The number of anilines is 1. The standard InChI is InChI=1S/C87H116ClN13O21S4/c1-48-22-21-30-69(119-10)87(117)43-68(120-85(116)99-87)49(2)76-86(6,122-76)70(42-73(107)101(8)66-39-55(36-48)40-67(118-9)74(66)88)121-84(115)50(3)100(7)72(106)32-35-124-123-34-31-71(105)91-60(37-53-23-13-11-14-24-53)78(109)96-64-46-125-126-47-65(82(113)95-63(45-102)51(4)103)97-83(114)75(52(5)104)98-77(108)59(29-19-20-33-89)92-80(111)62(41-56-44-90-58-28-18-17-27-57(56)58)94-79(110)61(93-81(64)112)38-54-25-15-12-16-26-54/h11-18,21-28,30,39-40,44,49-52,59-65,68-70,75-76,90,102-104,117H,19-20,29,31-38,41-43,45-47,89H2,1-10H3,(H,91,105)(H,92,111)(H,93,112)(H,94,110)(H,95,113)(H,96,109)(H,97,114)(H,98,108)(H,99,116)/b30-21+,48-22+/t49-,50+,51-,52-,59+,60-,61+,62-,63-,64+,65+,68+,69-,70+,75+,76+,86+,87+/m1/s1. The number of nitrogens with one attached hydrogen (secondary N) is 10. The number of nitrogens with zero attached hydrogens (tertiary/aromatic N) is 2. The number of alkyl carbamates (subject to hydrolysis) is 1. The van der Waals surface area contributed by atoms with E-state index in [-0.39, 0.29) is 79.5 Å². The summed E-state index contributed by atoms with van der Waals surface area (Å²) in [5.74, 6) is -9.37. The van der Waals surface area contributed by atoms with E-state index in [2.05, 4.69) is 52.8 Å². The van der Waals surface area contributed by atoms with Crippen molar-refractivity contribution < 1.29 is 102 Å². The van der Waals surface area contributed by atoms with Crippen LogP contribution in [0.15, 0.2) is 127 Å². The Labute approximate surface area is 752 Å². The number of para-hydroxylation sites is 1. The Morgan fingerprint density at radius 1 is 0.802 bits per heavy atom. The van der Waals surface area contributed by atoms with Gasteiger partial charge >= 0.3 is 12.1 Å². The molecule has 0 unspecified atom stereocenters. The van der Waals surface area contributed by atoms with Crippen LogP contribution >= 0.6 is 54.8 Å². The van der Waals surface area contributed by atoms with Crippen molar-refractivity contribution >= 4 is 143 Å². The summed E-state index contributed by atoms with van der Waals surface area (Å²) in [6, 6.07) is 15.1. The maximum absolute atomic E-state index is 15.3. The number of benzene rings is 4. The molecule has 5 heterocycles. The van der Waals surface area contributed by atoms with Crippen LogP contribution in [0.1, 0.15) is 109 Å². The van der Waals surface area contributed by atoms with Gasteiger partial charge in [0.1, 0.15) is 83.0 Å². The first-order valence-corrected chi connectivity index (χ1v) is 47.0.